The molecular weight excluding hydrogens is 227 g/mol. The molecule has 1 aliphatic heterocycles. The summed E-state index contributed by atoms with van der Waals surface area (Å²) in [5.41, 5.74) is -0.222. The predicted molar refractivity (Wildman–Crippen MR) is 59.3 cm³/mol. The molecule has 17 heavy (non-hydrogen) atoms. The second-order valence-corrected chi connectivity index (χ2v) is 4.04. The summed E-state index contributed by atoms with van der Waals surface area (Å²) < 4.78 is 37.4. The first-order valence-corrected chi connectivity index (χ1v) is 5.45. The van der Waals surface area contributed by atoms with Gasteiger partial charge in [0.15, 0.2) is 0 Å². The largest absolute Gasteiger partial charge is 0.416 e. The average Bonchev–Trinajstić information content (AvgIpc) is 2.78. The van der Waals surface area contributed by atoms with Crippen LogP contribution in [0, 0.1) is 17.8 Å². The number of hydrogen-bond acceptors (Lipinski definition) is 1. The number of hydrogen-bond donors (Lipinski definition) is 1. The number of rotatable bonds is 0. The van der Waals surface area contributed by atoms with E-state index in [1.165, 1.54) is 6.07 Å². The molecule has 4 heteroatoms. The molecular formula is C13H12F3N. The van der Waals surface area contributed by atoms with E-state index in [4.69, 9.17) is 0 Å². The molecule has 0 amide bonds. The molecule has 1 aromatic carbocycles. The Balaban J connectivity index is 2.16. The van der Waals surface area contributed by atoms with Crippen LogP contribution in [-0.4, -0.2) is 13.1 Å². The molecule has 1 nitrogen and oxygen atoms in total. The van der Waals surface area contributed by atoms with Crippen LogP contribution in [0.1, 0.15) is 17.5 Å². The first-order valence-electron chi connectivity index (χ1n) is 5.45. The summed E-state index contributed by atoms with van der Waals surface area (Å²) in [6, 6.07) is 5.14. The second-order valence-electron chi connectivity index (χ2n) is 4.04. The van der Waals surface area contributed by atoms with Gasteiger partial charge in [0.05, 0.1) is 5.56 Å². The fourth-order valence-corrected chi connectivity index (χ4v) is 1.74. The average molecular weight is 239 g/mol. The molecule has 1 aromatic rings. The number of alkyl halides is 3. The van der Waals surface area contributed by atoms with Gasteiger partial charge < -0.3 is 5.32 Å². The standard InChI is InChI=1S/C13H12F3N/c14-13(15,16)12-3-1-2-10(8-12)4-5-11-6-7-17-9-11/h1-3,8,11,17H,6-7,9H2. The highest BCUT2D eigenvalue weighted by molar-refractivity contribution is 5.38. The molecule has 2 rings (SSSR count). The molecule has 1 N–H and O–H groups in total. The van der Waals surface area contributed by atoms with Crippen molar-refractivity contribution in [2.24, 2.45) is 5.92 Å². The van der Waals surface area contributed by atoms with Crippen molar-refractivity contribution >= 4 is 0 Å². The van der Waals surface area contributed by atoms with E-state index in [0.717, 1.165) is 31.6 Å². The monoisotopic (exact) mass is 239 g/mol. The van der Waals surface area contributed by atoms with Crippen molar-refractivity contribution in [3.05, 3.63) is 35.4 Å². The summed E-state index contributed by atoms with van der Waals surface area (Å²) in [5, 5.41) is 3.16. The maximum Gasteiger partial charge on any atom is 0.416 e. The summed E-state index contributed by atoms with van der Waals surface area (Å²) >= 11 is 0. The van der Waals surface area contributed by atoms with Gasteiger partial charge in [-0.2, -0.15) is 13.2 Å². The lowest BCUT2D eigenvalue weighted by Gasteiger charge is -2.05. The highest BCUT2D eigenvalue weighted by Crippen LogP contribution is 2.29. The molecule has 1 fully saturated rings. The van der Waals surface area contributed by atoms with Gasteiger partial charge in [-0.3, -0.25) is 0 Å². The van der Waals surface area contributed by atoms with Crippen LogP contribution in [0.2, 0.25) is 0 Å². The van der Waals surface area contributed by atoms with Gasteiger partial charge in [-0.25, -0.2) is 0 Å². The summed E-state index contributed by atoms with van der Waals surface area (Å²) in [6.45, 7) is 1.76. The van der Waals surface area contributed by atoms with Crippen molar-refractivity contribution < 1.29 is 13.2 Å². The first-order chi connectivity index (χ1) is 8.05. The Labute approximate surface area is 98.0 Å². The van der Waals surface area contributed by atoms with Crippen molar-refractivity contribution in [1.29, 1.82) is 0 Å². The van der Waals surface area contributed by atoms with Crippen LogP contribution in [0.4, 0.5) is 13.2 Å². The minimum atomic E-state index is -4.30. The third-order valence-electron chi connectivity index (χ3n) is 2.67. The molecule has 1 saturated heterocycles. The van der Waals surface area contributed by atoms with Gasteiger partial charge in [0.2, 0.25) is 0 Å². The van der Waals surface area contributed by atoms with E-state index in [1.54, 1.807) is 6.07 Å². The van der Waals surface area contributed by atoms with Gasteiger partial charge in [-0.15, -0.1) is 0 Å². The lowest BCUT2D eigenvalue weighted by molar-refractivity contribution is -0.137. The number of halogens is 3. The first kappa shape index (κ1) is 12.0. The van der Waals surface area contributed by atoms with E-state index >= 15 is 0 Å². The molecule has 1 aliphatic rings. The third kappa shape index (κ3) is 3.24. The zero-order chi connectivity index (χ0) is 12.3. The molecule has 0 aliphatic carbocycles. The van der Waals surface area contributed by atoms with Gasteiger partial charge in [0.1, 0.15) is 0 Å². The van der Waals surface area contributed by atoms with Crippen molar-refractivity contribution in [3.8, 4) is 11.8 Å². The maximum absolute atomic E-state index is 12.5. The van der Waals surface area contributed by atoms with Crippen LogP contribution >= 0.6 is 0 Å². The second kappa shape index (κ2) is 4.80. The molecule has 1 atom stereocenters. The van der Waals surface area contributed by atoms with E-state index in [0.29, 0.717) is 5.56 Å². The van der Waals surface area contributed by atoms with Gasteiger partial charge in [0.25, 0.3) is 0 Å². The fraction of sp³-hybridized carbons (Fsp3) is 0.385. The Bertz CT molecular complexity index is 448. The Hall–Kier alpha value is -1.47. The Morgan fingerprint density at radius 3 is 2.76 bits per heavy atom. The van der Waals surface area contributed by atoms with E-state index in [2.05, 4.69) is 17.2 Å². The molecule has 0 aromatic heterocycles. The smallest absolute Gasteiger partial charge is 0.315 e. The summed E-state index contributed by atoms with van der Waals surface area (Å²) in [6.07, 6.45) is -3.33. The lowest BCUT2D eigenvalue weighted by atomic mass is 10.1. The minimum Gasteiger partial charge on any atom is -0.315 e. The predicted octanol–water partition coefficient (Wildman–Crippen LogP) is 2.67. The van der Waals surface area contributed by atoms with E-state index in [1.807, 2.05) is 0 Å². The Morgan fingerprint density at radius 2 is 2.12 bits per heavy atom. The Kier molecular flexibility index (Phi) is 3.39. The maximum atomic E-state index is 12.5. The summed E-state index contributed by atoms with van der Waals surface area (Å²) in [5.74, 6) is 6.06. The van der Waals surface area contributed by atoms with Crippen LogP contribution in [-0.2, 0) is 6.18 Å². The third-order valence-corrected chi connectivity index (χ3v) is 2.67. The zero-order valence-corrected chi connectivity index (χ0v) is 9.14. The molecule has 0 saturated carbocycles. The number of benzene rings is 1. The van der Waals surface area contributed by atoms with Crippen LogP contribution < -0.4 is 5.32 Å². The zero-order valence-electron chi connectivity index (χ0n) is 9.14. The lowest BCUT2D eigenvalue weighted by Crippen LogP contribution is -2.07. The highest BCUT2D eigenvalue weighted by Gasteiger charge is 2.30. The highest BCUT2D eigenvalue weighted by atomic mass is 19.4. The van der Waals surface area contributed by atoms with Gasteiger partial charge >= 0.3 is 6.18 Å². The van der Waals surface area contributed by atoms with E-state index < -0.39 is 11.7 Å². The summed E-state index contributed by atoms with van der Waals surface area (Å²) in [4.78, 5) is 0. The molecule has 1 heterocycles. The summed E-state index contributed by atoms with van der Waals surface area (Å²) in [7, 11) is 0. The van der Waals surface area contributed by atoms with Crippen LogP contribution in [0.15, 0.2) is 24.3 Å². The van der Waals surface area contributed by atoms with Crippen LogP contribution in [0.3, 0.4) is 0 Å². The van der Waals surface area contributed by atoms with Crippen molar-refractivity contribution in [1.82, 2.24) is 5.32 Å². The van der Waals surface area contributed by atoms with E-state index in [9.17, 15) is 13.2 Å². The van der Waals surface area contributed by atoms with E-state index in [-0.39, 0.29) is 5.92 Å². The van der Waals surface area contributed by atoms with Gasteiger partial charge in [-0.05, 0) is 31.2 Å². The van der Waals surface area contributed by atoms with Crippen molar-refractivity contribution in [3.63, 3.8) is 0 Å². The minimum absolute atomic E-state index is 0.254. The molecule has 0 spiro atoms. The van der Waals surface area contributed by atoms with Crippen LogP contribution in [0.5, 0.6) is 0 Å². The SMILES string of the molecule is FC(F)(F)c1cccc(C#CC2CCNC2)c1. The number of nitrogens with one attached hydrogen (secondary N) is 1. The quantitative estimate of drug-likeness (QED) is 0.686. The fourth-order valence-electron chi connectivity index (χ4n) is 1.74. The van der Waals surface area contributed by atoms with Crippen LogP contribution in [0.25, 0.3) is 0 Å². The molecule has 1 unspecified atom stereocenters. The van der Waals surface area contributed by atoms with Crippen molar-refractivity contribution in [2.45, 2.75) is 12.6 Å². The van der Waals surface area contributed by atoms with Gasteiger partial charge in [-0.1, -0.05) is 17.9 Å². The molecule has 0 radical (unpaired) electrons. The molecule has 0 bridgehead atoms. The normalized spacial score (nSPS) is 19.8. The van der Waals surface area contributed by atoms with Crippen molar-refractivity contribution in [2.75, 3.05) is 13.1 Å². The Morgan fingerprint density at radius 1 is 1.29 bits per heavy atom. The van der Waals surface area contributed by atoms with Gasteiger partial charge in [0, 0.05) is 18.0 Å². The molecule has 90 valence electrons. The topological polar surface area (TPSA) is 12.0 Å².